The van der Waals surface area contributed by atoms with Crippen LogP contribution < -0.4 is 5.32 Å². The molecule has 0 saturated carbocycles. The molecule has 1 unspecified atom stereocenters. The van der Waals surface area contributed by atoms with E-state index in [-0.39, 0.29) is 5.92 Å². The summed E-state index contributed by atoms with van der Waals surface area (Å²) in [6.07, 6.45) is 0.687. The van der Waals surface area contributed by atoms with Crippen LogP contribution in [0.5, 0.6) is 0 Å². The van der Waals surface area contributed by atoms with Crippen LogP contribution >= 0.6 is 11.3 Å². The number of aromatic nitrogens is 1. The number of aryl methyl sites for hydroxylation is 1. The van der Waals surface area contributed by atoms with E-state index in [1.165, 1.54) is 11.3 Å². The molecule has 0 spiro atoms. The van der Waals surface area contributed by atoms with Crippen molar-refractivity contribution in [2.45, 2.75) is 27.2 Å². The van der Waals surface area contributed by atoms with E-state index in [0.29, 0.717) is 18.9 Å². The summed E-state index contributed by atoms with van der Waals surface area (Å²) in [6, 6.07) is 0. The third-order valence-corrected chi connectivity index (χ3v) is 3.14. The maximum Gasteiger partial charge on any atom is 0.308 e. The van der Waals surface area contributed by atoms with E-state index in [9.17, 15) is 4.79 Å². The molecule has 0 aromatic carbocycles. The number of rotatable bonds is 6. The van der Waals surface area contributed by atoms with Crippen molar-refractivity contribution in [3.05, 3.63) is 11.1 Å². The van der Waals surface area contributed by atoms with Gasteiger partial charge in [0.1, 0.15) is 0 Å². The number of hydrogen-bond acceptors (Lipinski definition) is 4. The second kappa shape index (κ2) is 5.84. The van der Waals surface area contributed by atoms with E-state index >= 15 is 0 Å². The molecule has 0 bridgehead atoms. The summed E-state index contributed by atoms with van der Waals surface area (Å²) in [5, 5.41) is 14.9. The fraction of sp³-hybridized carbons (Fsp3) is 0.636. The molecule has 0 aliphatic rings. The number of carboxylic acids is 1. The van der Waals surface area contributed by atoms with Crippen molar-refractivity contribution in [2.24, 2.45) is 11.8 Å². The largest absolute Gasteiger partial charge is 0.481 e. The third kappa shape index (κ3) is 4.18. The molecule has 1 rings (SSSR count). The van der Waals surface area contributed by atoms with Crippen LogP contribution in [-0.2, 0) is 4.79 Å². The van der Waals surface area contributed by atoms with Gasteiger partial charge in [-0.1, -0.05) is 13.8 Å². The Bertz CT molecular complexity index is 350. The van der Waals surface area contributed by atoms with Crippen molar-refractivity contribution in [3.8, 4) is 0 Å². The maximum atomic E-state index is 11.0. The number of carboxylic acid groups (broad SMARTS) is 1. The molecule has 0 radical (unpaired) electrons. The molecule has 1 atom stereocenters. The van der Waals surface area contributed by atoms with Gasteiger partial charge in [0, 0.05) is 11.9 Å². The van der Waals surface area contributed by atoms with E-state index in [2.05, 4.69) is 10.3 Å². The Morgan fingerprint density at radius 1 is 1.62 bits per heavy atom. The zero-order chi connectivity index (χ0) is 12.1. The predicted molar refractivity (Wildman–Crippen MR) is 65.9 cm³/mol. The first kappa shape index (κ1) is 13.0. The van der Waals surface area contributed by atoms with Gasteiger partial charge in [-0.3, -0.25) is 4.79 Å². The highest BCUT2D eigenvalue weighted by Gasteiger charge is 2.18. The Balaban J connectivity index is 2.46. The SMILES string of the molecule is Cc1csc(NCC(CC(C)C)C(=O)O)n1. The van der Waals surface area contributed by atoms with Gasteiger partial charge in [0.15, 0.2) is 5.13 Å². The quantitative estimate of drug-likeness (QED) is 0.805. The van der Waals surface area contributed by atoms with Crippen molar-refractivity contribution >= 4 is 22.4 Å². The van der Waals surface area contributed by atoms with Gasteiger partial charge >= 0.3 is 5.97 Å². The lowest BCUT2D eigenvalue weighted by Gasteiger charge is -2.14. The van der Waals surface area contributed by atoms with Crippen molar-refractivity contribution in [1.29, 1.82) is 0 Å². The molecule has 1 aromatic heterocycles. The molecule has 4 nitrogen and oxygen atoms in total. The number of thiazole rings is 1. The molecular weight excluding hydrogens is 224 g/mol. The van der Waals surface area contributed by atoms with Gasteiger partial charge in [-0.25, -0.2) is 4.98 Å². The molecular formula is C11H18N2O2S. The van der Waals surface area contributed by atoms with Gasteiger partial charge in [0.2, 0.25) is 0 Å². The molecule has 0 fully saturated rings. The lowest BCUT2D eigenvalue weighted by atomic mass is 9.97. The van der Waals surface area contributed by atoms with Gasteiger partial charge in [0.05, 0.1) is 11.6 Å². The molecule has 1 aromatic rings. The number of aliphatic carboxylic acids is 1. The molecule has 2 N–H and O–H groups in total. The number of carbonyl (C=O) groups is 1. The van der Waals surface area contributed by atoms with Gasteiger partial charge in [-0.15, -0.1) is 11.3 Å². The average Bonchev–Trinajstić information content (AvgIpc) is 2.58. The molecule has 16 heavy (non-hydrogen) atoms. The molecule has 1 heterocycles. The molecule has 5 heteroatoms. The van der Waals surface area contributed by atoms with Crippen molar-refractivity contribution < 1.29 is 9.90 Å². The first-order chi connectivity index (χ1) is 7.49. The summed E-state index contributed by atoms with van der Waals surface area (Å²) >= 11 is 1.51. The fourth-order valence-electron chi connectivity index (χ4n) is 1.49. The highest BCUT2D eigenvalue weighted by atomic mass is 32.1. The van der Waals surface area contributed by atoms with Gasteiger partial charge < -0.3 is 10.4 Å². The van der Waals surface area contributed by atoms with Crippen molar-refractivity contribution in [1.82, 2.24) is 4.98 Å². The number of hydrogen-bond donors (Lipinski definition) is 2. The van der Waals surface area contributed by atoms with E-state index in [0.717, 1.165) is 10.8 Å². The first-order valence-electron chi connectivity index (χ1n) is 5.38. The summed E-state index contributed by atoms with van der Waals surface area (Å²) in [5.41, 5.74) is 0.961. The second-order valence-corrected chi connectivity index (χ2v) is 5.20. The Kier molecular flexibility index (Phi) is 4.73. The summed E-state index contributed by atoms with van der Waals surface area (Å²) < 4.78 is 0. The van der Waals surface area contributed by atoms with Crippen LogP contribution in [0.3, 0.4) is 0 Å². The minimum atomic E-state index is -0.741. The summed E-state index contributed by atoms with van der Waals surface area (Å²) in [5.74, 6) is -0.695. The van der Waals surface area contributed by atoms with Crippen LogP contribution in [0.4, 0.5) is 5.13 Å². The molecule has 0 aliphatic heterocycles. The van der Waals surface area contributed by atoms with E-state index in [4.69, 9.17) is 5.11 Å². The van der Waals surface area contributed by atoms with Crippen LogP contribution in [0.15, 0.2) is 5.38 Å². The van der Waals surface area contributed by atoms with Gasteiger partial charge in [-0.2, -0.15) is 0 Å². The molecule has 0 saturated heterocycles. The van der Waals surface area contributed by atoms with Crippen LogP contribution in [0, 0.1) is 18.8 Å². The summed E-state index contributed by atoms with van der Waals surface area (Å²) in [4.78, 5) is 15.2. The van der Waals surface area contributed by atoms with Crippen LogP contribution in [0.2, 0.25) is 0 Å². The highest BCUT2D eigenvalue weighted by molar-refractivity contribution is 7.13. The standard InChI is InChI=1S/C11H18N2O2S/c1-7(2)4-9(10(14)15)5-12-11-13-8(3)6-16-11/h6-7,9H,4-5H2,1-3H3,(H,12,13)(H,14,15). The van der Waals surface area contributed by atoms with Crippen LogP contribution in [0.25, 0.3) is 0 Å². The minimum absolute atomic E-state index is 0.343. The molecule has 0 aliphatic carbocycles. The zero-order valence-corrected chi connectivity index (χ0v) is 10.7. The first-order valence-corrected chi connectivity index (χ1v) is 6.25. The minimum Gasteiger partial charge on any atom is -0.481 e. The Morgan fingerprint density at radius 3 is 2.75 bits per heavy atom. The smallest absolute Gasteiger partial charge is 0.308 e. The summed E-state index contributed by atoms with van der Waals surface area (Å²) in [7, 11) is 0. The number of nitrogens with zero attached hydrogens (tertiary/aromatic N) is 1. The lowest BCUT2D eigenvalue weighted by molar-refractivity contribution is -0.141. The van der Waals surface area contributed by atoms with Crippen LogP contribution in [-0.4, -0.2) is 22.6 Å². The predicted octanol–water partition coefficient (Wildman–Crippen LogP) is 2.61. The Morgan fingerprint density at radius 2 is 2.31 bits per heavy atom. The number of nitrogens with one attached hydrogen (secondary N) is 1. The normalized spacial score (nSPS) is 12.8. The third-order valence-electron chi connectivity index (χ3n) is 2.22. The van der Waals surface area contributed by atoms with Gasteiger partial charge in [-0.05, 0) is 19.3 Å². The average molecular weight is 242 g/mol. The van der Waals surface area contributed by atoms with Crippen molar-refractivity contribution in [3.63, 3.8) is 0 Å². The van der Waals surface area contributed by atoms with E-state index in [1.54, 1.807) is 0 Å². The Hall–Kier alpha value is -1.10. The molecule has 0 amide bonds. The lowest BCUT2D eigenvalue weighted by Crippen LogP contribution is -2.24. The monoisotopic (exact) mass is 242 g/mol. The number of anilines is 1. The van der Waals surface area contributed by atoms with E-state index < -0.39 is 5.97 Å². The maximum absolute atomic E-state index is 11.0. The van der Waals surface area contributed by atoms with E-state index in [1.807, 2.05) is 26.2 Å². The highest BCUT2D eigenvalue weighted by Crippen LogP contribution is 2.17. The zero-order valence-electron chi connectivity index (χ0n) is 9.86. The fourth-order valence-corrected chi connectivity index (χ4v) is 2.18. The summed E-state index contributed by atoms with van der Waals surface area (Å²) in [6.45, 7) is 6.43. The van der Waals surface area contributed by atoms with Crippen molar-refractivity contribution in [2.75, 3.05) is 11.9 Å². The second-order valence-electron chi connectivity index (χ2n) is 4.34. The topological polar surface area (TPSA) is 62.2 Å². The molecule has 90 valence electrons. The van der Waals surface area contributed by atoms with Gasteiger partial charge in [0.25, 0.3) is 0 Å². The van der Waals surface area contributed by atoms with Crippen LogP contribution in [0.1, 0.15) is 26.0 Å². The Labute approximate surface area is 99.7 Å².